The third-order valence-electron chi connectivity index (χ3n) is 5.70. The van der Waals surface area contributed by atoms with Crippen molar-refractivity contribution in [1.82, 2.24) is 19.2 Å². The Labute approximate surface area is 186 Å². The van der Waals surface area contributed by atoms with E-state index in [0.717, 1.165) is 16.4 Å². The molecule has 0 saturated carbocycles. The molecule has 0 aliphatic rings. The number of rotatable bonds is 5. The Bertz CT molecular complexity index is 1330. The van der Waals surface area contributed by atoms with Crippen LogP contribution >= 0.6 is 11.8 Å². The second-order valence-corrected chi connectivity index (χ2v) is 9.91. The number of hydrogen-bond acceptors (Lipinski definition) is 4. The van der Waals surface area contributed by atoms with E-state index in [1.807, 2.05) is 28.7 Å². The van der Waals surface area contributed by atoms with Crippen LogP contribution in [0.25, 0.3) is 16.7 Å². The molecular weight excluding hydrogens is 404 g/mol. The molecule has 0 aliphatic carbocycles. The molecule has 0 saturated heterocycles. The number of thioether (sulfide) groups is 1. The lowest BCUT2D eigenvalue weighted by atomic mass is 9.84. The van der Waals surface area contributed by atoms with Crippen LogP contribution in [-0.4, -0.2) is 19.2 Å². The molecule has 0 fully saturated rings. The molecule has 4 aromatic rings. The van der Waals surface area contributed by atoms with E-state index in [2.05, 4.69) is 63.5 Å². The highest BCUT2D eigenvalue weighted by atomic mass is 32.2. The molecule has 0 spiro atoms. The lowest BCUT2D eigenvalue weighted by molar-refractivity contribution is 0.589. The first kappa shape index (κ1) is 21.4. The van der Waals surface area contributed by atoms with Crippen LogP contribution in [0.1, 0.15) is 43.0 Å². The average molecular weight is 433 g/mol. The van der Waals surface area contributed by atoms with Gasteiger partial charge in [0.25, 0.3) is 5.56 Å². The summed E-state index contributed by atoms with van der Waals surface area (Å²) < 4.78 is 3.61. The lowest BCUT2D eigenvalue weighted by Gasteiger charge is -2.22. The summed E-state index contributed by atoms with van der Waals surface area (Å²) in [4.78, 5) is 13.0. The topological polar surface area (TPSA) is 52.2 Å². The Balaban J connectivity index is 1.79. The standard InChI is InChI=1S/C25H28N4OS/c1-7-12-28-22(30)19-10-8-9-11-21(19)29-23(28)26-27-24(29)31-15-20-16(2)13-18(14-17(20)3)25(4,5)6/h7-11,13-14H,1,12,15H2,2-6H3. The number of aryl methyl sites for hydroxylation is 2. The van der Waals surface area contributed by atoms with Crippen LogP contribution in [0.3, 0.4) is 0 Å². The zero-order valence-corrected chi connectivity index (χ0v) is 19.6. The van der Waals surface area contributed by atoms with Gasteiger partial charge in [-0.1, -0.05) is 62.9 Å². The van der Waals surface area contributed by atoms with Gasteiger partial charge in [0.05, 0.1) is 10.9 Å². The van der Waals surface area contributed by atoms with Gasteiger partial charge in [0.15, 0.2) is 5.16 Å². The van der Waals surface area contributed by atoms with Gasteiger partial charge in [0.2, 0.25) is 5.78 Å². The molecule has 5 nitrogen and oxygen atoms in total. The molecule has 2 heterocycles. The van der Waals surface area contributed by atoms with Crippen LogP contribution in [-0.2, 0) is 17.7 Å². The minimum atomic E-state index is -0.0728. The molecule has 0 N–H and O–H groups in total. The van der Waals surface area contributed by atoms with E-state index in [9.17, 15) is 4.79 Å². The number of aromatic nitrogens is 4. The number of nitrogens with zero attached hydrogens (tertiary/aromatic N) is 4. The van der Waals surface area contributed by atoms with Gasteiger partial charge in [-0.25, -0.2) is 0 Å². The lowest BCUT2D eigenvalue weighted by Crippen LogP contribution is -2.22. The molecule has 0 radical (unpaired) electrons. The van der Waals surface area contributed by atoms with Gasteiger partial charge in [-0.05, 0) is 53.6 Å². The molecular formula is C25H28N4OS. The second kappa shape index (κ2) is 8.00. The smallest absolute Gasteiger partial charge is 0.263 e. The molecule has 31 heavy (non-hydrogen) atoms. The largest absolute Gasteiger partial charge is 0.272 e. The van der Waals surface area contributed by atoms with Gasteiger partial charge in [-0.2, -0.15) is 0 Å². The van der Waals surface area contributed by atoms with E-state index in [4.69, 9.17) is 0 Å². The van der Waals surface area contributed by atoms with Crippen LogP contribution in [0.15, 0.2) is 59.0 Å². The van der Waals surface area contributed by atoms with Crippen LogP contribution in [0.2, 0.25) is 0 Å². The minimum Gasteiger partial charge on any atom is -0.272 e. The number of benzene rings is 2. The normalized spacial score (nSPS) is 12.0. The first-order valence-corrected chi connectivity index (χ1v) is 11.4. The van der Waals surface area contributed by atoms with Gasteiger partial charge in [0, 0.05) is 12.3 Å². The Morgan fingerprint density at radius 3 is 2.42 bits per heavy atom. The van der Waals surface area contributed by atoms with Gasteiger partial charge < -0.3 is 0 Å². The summed E-state index contributed by atoms with van der Waals surface area (Å²) in [5, 5.41) is 10.2. The van der Waals surface area contributed by atoms with E-state index in [0.29, 0.717) is 17.7 Å². The van der Waals surface area contributed by atoms with Crippen molar-refractivity contribution < 1.29 is 0 Å². The first-order valence-electron chi connectivity index (χ1n) is 10.4. The zero-order valence-electron chi connectivity index (χ0n) is 18.8. The maximum Gasteiger partial charge on any atom is 0.263 e. The van der Waals surface area contributed by atoms with Crippen LogP contribution in [0, 0.1) is 13.8 Å². The highest BCUT2D eigenvalue weighted by molar-refractivity contribution is 7.98. The number of para-hydroxylation sites is 1. The number of fused-ring (bicyclic) bond motifs is 3. The van der Waals surface area contributed by atoms with E-state index in [1.165, 1.54) is 22.3 Å². The quantitative estimate of drug-likeness (QED) is 0.311. The summed E-state index contributed by atoms with van der Waals surface area (Å²) in [5.41, 5.74) is 6.13. The zero-order chi connectivity index (χ0) is 22.3. The summed E-state index contributed by atoms with van der Waals surface area (Å²) in [6.07, 6.45) is 1.71. The summed E-state index contributed by atoms with van der Waals surface area (Å²) in [7, 11) is 0. The van der Waals surface area contributed by atoms with Crippen molar-refractivity contribution in [1.29, 1.82) is 0 Å². The minimum absolute atomic E-state index is 0.0728. The van der Waals surface area contributed by atoms with E-state index in [-0.39, 0.29) is 11.0 Å². The fourth-order valence-corrected chi connectivity index (χ4v) is 5.05. The fraction of sp³-hybridized carbons (Fsp3) is 0.320. The van der Waals surface area contributed by atoms with Gasteiger partial charge in [-0.15, -0.1) is 16.8 Å². The Morgan fingerprint density at radius 2 is 1.77 bits per heavy atom. The molecule has 2 aromatic heterocycles. The van der Waals surface area contributed by atoms with Crippen molar-refractivity contribution in [3.8, 4) is 0 Å². The average Bonchev–Trinajstić information content (AvgIpc) is 3.13. The molecule has 0 amide bonds. The van der Waals surface area contributed by atoms with Crippen molar-refractivity contribution >= 4 is 28.4 Å². The molecule has 4 rings (SSSR count). The molecule has 160 valence electrons. The van der Waals surface area contributed by atoms with Crippen LogP contribution in [0.5, 0.6) is 0 Å². The predicted molar refractivity (Wildman–Crippen MR) is 129 cm³/mol. The Kier molecular flexibility index (Phi) is 5.52. The maximum atomic E-state index is 13.0. The van der Waals surface area contributed by atoms with Crippen molar-refractivity contribution in [2.24, 2.45) is 0 Å². The monoisotopic (exact) mass is 432 g/mol. The predicted octanol–water partition coefficient (Wildman–Crippen LogP) is 5.44. The Morgan fingerprint density at radius 1 is 1.10 bits per heavy atom. The van der Waals surface area contributed by atoms with Gasteiger partial charge in [-0.3, -0.25) is 13.8 Å². The highest BCUT2D eigenvalue weighted by Gasteiger charge is 2.19. The summed E-state index contributed by atoms with van der Waals surface area (Å²) in [6, 6.07) is 12.2. The van der Waals surface area contributed by atoms with E-state index >= 15 is 0 Å². The van der Waals surface area contributed by atoms with Crippen LogP contribution in [0.4, 0.5) is 0 Å². The third kappa shape index (κ3) is 3.81. The van der Waals surface area contributed by atoms with Crippen molar-refractivity contribution in [2.45, 2.75) is 57.5 Å². The second-order valence-electron chi connectivity index (χ2n) is 8.97. The summed E-state index contributed by atoms with van der Waals surface area (Å²) in [6.45, 7) is 15.3. The molecule has 0 unspecified atom stereocenters. The number of hydrogen-bond donors (Lipinski definition) is 0. The molecule has 0 aliphatic heterocycles. The van der Waals surface area contributed by atoms with Gasteiger partial charge >= 0.3 is 0 Å². The molecule has 2 aromatic carbocycles. The molecule has 0 bridgehead atoms. The number of allylic oxidation sites excluding steroid dienone is 1. The fourth-order valence-electron chi connectivity index (χ4n) is 3.91. The SMILES string of the molecule is C=CCn1c(=O)c2ccccc2n2c(SCc3c(C)cc(C(C)(C)C)cc3C)nnc12. The van der Waals surface area contributed by atoms with Gasteiger partial charge in [0.1, 0.15) is 0 Å². The first-order chi connectivity index (χ1) is 14.7. The van der Waals surface area contributed by atoms with Crippen LogP contribution < -0.4 is 5.56 Å². The van der Waals surface area contributed by atoms with Crippen molar-refractivity contribution in [3.05, 3.63) is 81.7 Å². The highest BCUT2D eigenvalue weighted by Crippen LogP contribution is 2.31. The summed E-state index contributed by atoms with van der Waals surface area (Å²) in [5.74, 6) is 1.33. The van der Waals surface area contributed by atoms with E-state index < -0.39 is 0 Å². The summed E-state index contributed by atoms with van der Waals surface area (Å²) >= 11 is 1.65. The van der Waals surface area contributed by atoms with Crippen molar-refractivity contribution in [2.75, 3.05) is 0 Å². The maximum absolute atomic E-state index is 13.0. The molecule has 0 atom stereocenters. The van der Waals surface area contributed by atoms with E-state index in [1.54, 1.807) is 22.4 Å². The Hall–Kier alpha value is -2.86. The third-order valence-corrected chi connectivity index (χ3v) is 6.65. The molecule has 6 heteroatoms. The van der Waals surface area contributed by atoms with Crippen molar-refractivity contribution in [3.63, 3.8) is 0 Å².